The molecule has 1 fully saturated rings. The zero-order valence-corrected chi connectivity index (χ0v) is 11.6. The number of amides is 2. The molecule has 1 aliphatic rings. The lowest BCUT2D eigenvalue weighted by atomic mass is 10.3. The van der Waals surface area contributed by atoms with Crippen LogP contribution in [-0.4, -0.2) is 54.1 Å². The number of aromatic nitrogens is 1. The first-order valence-electron chi connectivity index (χ1n) is 6.42. The molecule has 1 saturated heterocycles. The van der Waals surface area contributed by atoms with Gasteiger partial charge in [0.05, 0.1) is 6.61 Å². The maximum atomic E-state index is 12.0. The first-order valence-corrected chi connectivity index (χ1v) is 6.42. The second-order valence-corrected chi connectivity index (χ2v) is 4.28. The van der Waals surface area contributed by atoms with Gasteiger partial charge in [0.15, 0.2) is 5.69 Å². The van der Waals surface area contributed by atoms with Gasteiger partial charge in [0.25, 0.3) is 0 Å². The molecular formula is C13H15N3O5. The highest BCUT2D eigenvalue weighted by molar-refractivity contribution is 5.99. The number of carbonyl (C=O) groups excluding carboxylic acids is 3. The Kier molecular flexibility index (Phi) is 4.36. The van der Waals surface area contributed by atoms with Gasteiger partial charge in [-0.3, -0.25) is 14.5 Å². The minimum absolute atomic E-state index is 0.00393. The Morgan fingerprint density at radius 1 is 1.52 bits per heavy atom. The molecule has 0 aliphatic carbocycles. The third-order valence-electron chi connectivity index (χ3n) is 2.96. The van der Waals surface area contributed by atoms with Gasteiger partial charge in [0.1, 0.15) is 6.54 Å². The normalized spacial score (nSPS) is 15.0. The molecule has 0 aromatic carbocycles. The molecule has 112 valence electrons. The predicted octanol–water partition coefficient (Wildman–Crippen LogP) is 0.212. The molecule has 1 aliphatic heterocycles. The van der Waals surface area contributed by atoms with Gasteiger partial charge in [0.2, 0.25) is 17.7 Å². The van der Waals surface area contributed by atoms with E-state index < -0.39 is 5.97 Å². The van der Waals surface area contributed by atoms with Crippen LogP contribution in [0.5, 0.6) is 0 Å². The summed E-state index contributed by atoms with van der Waals surface area (Å²) in [5, 5.41) is 3.57. The monoisotopic (exact) mass is 293 g/mol. The molecule has 0 unspecified atom stereocenters. The molecule has 0 spiro atoms. The number of hydrogen-bond donors (Lipinski definition) is 0. The van der Waals surface area contributed by atoms with Crippen LogP contribution in [0, 0.1) is 0 Å². The number of piperazine rings is 1. The molecule has 0 saturated carbocycles. The molecule has 0 atom stereocenters. The summed E-state index contributed by atoms with van der Waals surface area (Å²) in [6, 6.07) is 1.35. The maximum absolute atomic E-state index is 12.0. The van der Waals surface area contributed by atoms with Gasteiger partial charge in [0, 0.05) is 19.2 Å². The van der Waals surface area contributed by atoms with Crippen LogP contribution >= 0.6 is 0 Å². The summed E-state index contributed by atoms with van der Waals surface area (Å²) in [6.07, 6.45) is 1.16. The summed E-state index contributed by atoms with van der Waals surface area (Å²) >= 11 is 0. The van der Waals surface area contributed by atoms with Crippen molar-refractivity contribution in [2.24, 2.45) is 0 Å². The van der Waals surface area contributed by atoms with E-state index in [2.05, 4.69) is 11.7 Å². The number of carbonyl (C=O) groups is 3. The highest BCUT2D eigenvalue weighted by Crippen LogP contribution is 2.19. The van der Waals surface area contributed by atoms with Gasteiger partial charge in [-0.1, -0.05) is 11.7 Å². The van der Waals surface area contributed by atoms with E-state index in [-0.39, 0.29) is 43.1 Å². The van der Waals surface area contributed by atoms with Crippen LogP contribution in [0.3, 0.4) is 0 Å². The van der Waals surface area contributed by atoms with Crippen molar-refractivity contribution < 1.29 is 23.6 Å². The third-order valence-corrected chi connectivity index (χ3v) is 2.96. The second kappa shape index (κ2) is 6.21. The Morgan fingerprint density at radius 3 is 2.90 bits per heavy atom. The summed E-state index contributed by atoms with van der Waals surface area (Å²) in [6.45, 7) is 5.83. The molecule has 2 heterocycles. The van der Waals surface area contributed by atoms with Crippen LogP contribution in [0.15, 0.2) is 23.2 Å². The van der Waals surface area contributed by atoms with E-state index in [0.717, 1.165) is 6.08 Å². The number of nitrogens with zero attached hydrogens (tertiary/aromatic N) is 3. The number of esters is 1. The molecular weight excluding hydrogens is 278 g/mol. The van der Waals surface area contributed by atoms with Crippen molar-refractivity contribution in [3.63, 3.8) is 0 Å². The van der Waals surface area contributed by atoms with Crippen molar-refractivity contribution in [3.8, 4) is 0 Å². The van der Waals surface area contributed by atoms with Crippen LogP contribution in [0.4, 0.5) is 5.88 Å². The van der Waals surface area contributed by atoms with Crippen LogP contribution in [0.2, 0.25) is 0 Å². The second-order valence-electron chi connectivity index (χ2n) is 4.28. The largest absolute Gasteiger partial charge is 0.461 e. The molecule has 0 N–H and O–H groups in total. The standard InChI is InChI=1S/C13H15N3O5/c1-3-10(17)15-5-6-16(11(18)8-15)12-7-9(14-21-12)13(19)20-4-2/h3,7H,1,4-6,8H2,2H3. The van der Waals surface area contributed by atoms with E-state index in [1.165, 1.54) is 15.9 Å². The van der Waals surface area contributed by atoms with Gasteiger partial charge < -0.3 is 14.2 Å². The molecule has 2 rings (SSSR count). The summed E-state index contributed by atoms with van der Waals surface area (Å²) in [7, 11) is 0. The van der Waals surface area contributed by atoms with E-state index in [0.29, 0.717) is 6.54 Å². The molecule has 8 heteroatoms. The minimum Gasteiger partial charge on any atom is -0.461 e. The minimum atomic E-state index is -0.611. The van der Waals surface area contributed by atoms with E-state index in [1.807, 2.05) is 0 Å². The molecule has 0 radical (unpaired) electrons. The van der Waals surface area contributed by atoms with Crippen LogP contribution in [0.25, 0.3) is 0 Å². The Hall–Kier alpha value is -2.64. The molecule has 2 amide bonds. The van der Waals surface area contributed by atoms with Crippen LogP contribution in [0.1, 0.15) is 17.4 Å². The predicted molar refractivity (Wildman–Crippen MR) is 71.6 cm³/mol. The fraction of sp³-hybridized carbons (Fsp3) is 0.385. The maximum Gasteiger partial charge on any atom is 0.360 e. The summed E-state index contributed by atoms with van der Waals surface area (Å²) in [5.74, 6) is -1.06. The van der Waals surface area contributed by atoms with Crippen molar-refractivity contribution in [1.29, 1.82) is 0 Å². The van der Waals surface area contributed by atoms with Crippen molar-refractivity contribution in [2.45, 2.75) is 6.92 Å². The summed E-state index contributed by atoms with van der Waals surface area (Å²) in [5.41, 5.74) is 0.00393. The smallest absolute Gasteiger partial charge is 0.360 e. The van der Waals surface area contributed by atoms with Crippen molar-refractivity contribution in [3.05, 3.63) is 24.4 Å². The Bertz CT molecular complexity index is 580. The summed E-state index contributed by atoms with van der Waals surface area (Å²) in [4.78, 5) is 37.7. The van der Waals surface area contributed by atoms with E-state index in [4.69, 9.17) is 9.26 Å². The van der Waals surface area contributed by atoms with E-state index >= 15 is 0 Å². The van der Waals surface area contributed by atoms with Crippen molar-refractivity contribution >= 4 is 23.7 Å². The zero-order valence-electron chi connectivity index (χ0n) is 11.6. The van der Waals surface area contributed by atoms with Gasteiger partial charge in [-0.2, -0.15) is 0 Å². The number of rotatable bonds is 4. The number of ether oxygens (including phenoxy) is 1. The molecule has 1 aromatic rings. The first kappa shape index (κ1) is 14.8. The molecule has 8 nitrogen and oxygen atoms in total. The number of hydrogen-bond acceptors (Lipinski definition) is 6. The fourth-order valence-corrected chi connectivity index (χ4v) is 1.92. The average molecular weight is 293 g/mol. The molecule has 1 aromatic heterocycles. The van der Waals surface area contributed by atoms with Crippen LogP contribution < -0.4 is 4.90 Å². The lowest BCUT2D eigenvalue weighted by Gasteiger charge is -2.31. The topological polar surface area (TPSA) is 93.0 Å². The fourth-order valence-electron chi connectivity index (χ4n) is 1.92. The Balaban J connectivity index is 2.07. The lowest BCUT2D eigenvalue weighted by molar-refractivity contribution is -0.133. The highest BCUT2D eigenvalue weighted by Gasteiger charge is 2.30. The average Bonchev–Trinajstić information content (AvgIpc) is 2.96. The third kappa shape index (κ3) is 3.10. The van der Waals surface area contributed by atoms with E-state index in [1.54, 1.807) is 6.92 Å². The first-order chi connectivity index (χ1) is 10.1. The van der Waals surface area contributed by atoms with E-state index in [9.17, 15) is 14.4 Å². The van der Waals surface area contributed by atoms with Crippen LogP contribution in [-0.2, 0) is 14.3 Å². The molecule has 0 bridgehead atoms. The van der Waals surface area contributed by atoms with Gasteiger partial charge in [-0.15, -0.1) is 0 Å². The van der Waals surface area contributed by atoms with Gasteiger partial charge >= 0.3 is 5.97 Å². The SMILES string of the molecule is C=CC(=O)N1CCN(c2cc(C(=O)OCC)no2)C(=O)C1. The highest BCUT2D eigenvalue weighted by atomic mass is 16.5. The van der Waals surface area contributed by atoms with Crippen molar-refractivity contribution in [2.75, 3.05) is 31.1 Å². The van der Waals surface area contributed by atoms with Crippen molar-refractivity contribution in [1.82, 2.24) is 10.1 Å². The summed E-state index contributed by atoms with van der Waals surface area (Å²) < 4.78 is 9.78. The van der Waals surface area contributed by atoms with Gasteiger partial charge in [-0.05, 0) is 13.0 Å². The lowest BCUT2D eigenvalue weighted by Crippen LogP contribution is -2.52. The quantitative estimate of drug-likeness (QED) is 0.582. The zero-order chi connectivity index (χ0) is 15.4. The van der Waals surface area contributed by atoms with Gasteiger partial charge in [-0.25, -0.2) is 4.79 Å². The number of anilines is 1. The Labute approximate surface area is 120 Å². The molecule has 21 heavy (non-hydrogen) atoms. The Morgan fingerprint density at radius 2 is 2.29 bits per heavy atom.